The van der Waals surface area contributed by atoms with Gasteiger partial charge in [0.05, 0.1) is 5.52 Å². The summed E-state index contributed by atoms with van der Waals surface area (Å²) in [6.45, 7) is 0. The van der Waals surface area contributed by atoms with Crippen LogP contribution in [0.3, 0.4) is 0 Å². The molecule has 2 rings (SSSR count). The number of aromatic hydroxyl groups is 1. The van der Waals surface area contributed by atoms with E-state index in [0.29, 0.717) is 15.9 Å². The van der Waals surface area contributed by atoms with Gasteiger partial charge in [-0.2, -0.15) is 0 Å². The summed E-state index contributed by atoms with van der Waals surface area (Å²) in [6.07, 6.45) is 0. The maximum absolute atomic E-state index is 11.3. The number of pyridine rings is 1. The molecule has 1 heterocycles. The lowest BCUT2D eigenvalue weighted by molar-refractivity contribution is 0.479. The first kappa shape index (κ1) is 9.09. The Morgan fingerprint density at radius 3 is 2.79 bits per heavy atom. The summed E-state index contributed by atoms with van der Waals surface area (Å²) in [7, 11) is 1.65. The molecule has 0 unspecified atom stereocenters. The van der Waals surface area contributed by atoms with E-state index in [4.69, 9.17) is 11.6 Å². The van der Waals surface area contributed by atoms with Crippen LogP contribution in [0.4, 0.5) is 0 Å². The number of aromatic nitrogens is 1. The van der Waals surface area contributed by atoms with E-state index in [1.54, 1.807) is 25.2 Å². The first-order valence-electron chi connectivity index (χ1n) is 4.08. The van der Waals surface area contributed by atoms with Crippen molar-refractivity contribution in [1.82, 2.24) is 4.57 Å². The Morgan fingerprint density at radius 2 is 2.07 bits per heavy atom. The second-order valence-electron chi connectivity index (χ2n) is 3.09. The molecule has 1 aromatic carbocycles. The van der Waals surface area contributed by atoms with E-state index in [9.17, 15) is 9.90 Å². The molecule has 0 saturated carbocycles. The van der Waals surface area contributed by atoms with E-state index < -0.39 is 0 Å². The van der Waals surface area contributed by atoms with E-state index >= 15 is 0 Å². The molecule has 0 radical (unpaired) electrons. The number of hydrogen-bond acceptors (Lipinski definition) is 2. The molecule has 0 amide bonds. The third-order valence-electron chi connectivity index (χ3n) is 2.19. The van der Waals surface area contributed by atoms with Crippen LogP contribution in [-0.4, -0.2) is 9.67 Å². The van der Waals surface area contributed by atoms with Crippen LogP contribution < -0.4 is 5.56 Å². The molecule has 0 fully saturated rings. The summed E-state index contributed by atoms with van der Waals surface area (Å²) in [5.74, 6) is -0.0365. The first-order chi connectivity index (χ1) is 6.59. The normalized spacial score (nSPS) is 10.7. The van der Waals surface area contributed by atoms with Gasteiger partial charge in [-0.25, -0.2) is 0 Å². The van der Waals surface area contributed by atoms with Gasteiger partial charge < -0.3 is 9.67 Å². The standard InChI is InChI=1S/C10H8ClNO2/c1-12-8-3-2-6(11)4-7(8)9(13)5-10(12)14/h2-5,13H,1H3. The first-order valence-corrected chi connectivity index (χ1v) is 4.45. The lowest BCUT2D eigenvalue weighted by atomic mass is 10.2. The molecule has 1 aromatic heterocycles. The highest BCUT2D eigenvalue weighted by molar-refractivity contribution is 6.31. The van der Waals surface area contributed by atoms with Gasteiger partial charge in [0.15, 0.2) is 0 Å². The van der Waals surface area contributed by atoms with Crippen molar-refractivity contribution in [2.45, 2.75) is 0 Å². The lowest BCUT2D eigenvalue weighted by Crippen LogP contribution is -2.15. The molecule has 2 aromatic rings. The summed E-state index contributed by atoms with van der Waals surface area (Å²) in [6, 6.07) is 6.20. The van der Waals surface area contributed by atoms with E-state index in [1.165, 1.54) is 10.6 Å². The van der Waals surface area contributed by atoms with Crippen LogP contribution in [0.1, 0.15) is 0 Å². The second-order valence-corrected chi connectivity index (χ2v) is 3.52. The van der Waals surface area contributed by atoms with E-state index in [2.05, 4.69) is 0 Å². The molecule has 72 valence electrons. The van der Waals surface area contributed by atoms with Gasteiger partial charge in [-0.3, -0.25) is 4.79 Å². The zero-order valence-corrected chi connectivity index (χ0v) is 8.25. The van der Waals surface area contributed by atoms with Gasteiger partial charge in [0, 0.05) is 23.5 Å². The summed E-state index contributed by atoms with van der Waals surface area (Å²) in [5, 5.41) is 10.6. The Hall–Kier alpha value is -1.48. The van der Waals surface area contributed by atoms with Crippen molar-refractivity contribution in [1.29, 1.82) is 0 Å². The van der Waals surface area contributed by atoms with Crippen LogP contribution in [0.15, 0.2) is 29.1 Å². The summed E-state index contributed by atoms with van der Waals surface area (Å²) in [5.41, 5.74) is 0.428. The van der Waals surface area contributed by atoms with Crippen LogP contribution in [0.25, 0.3) is 10.9 Å². The highest BCUT2D eigenvalue weighted by atomic mass is 35.5. The topological polar surface area (TPSA) is 42.2 Å². The molecule has 14 heavy (non-hydrogen) atoms. The molecule has 1 N–H and O–H groups in total. The fourth-order valence-electron chi connectivity index (χ4n) is 1.42. The van der Waals surface area contributed by atoms with Crippen LogP contribution in [0, 0.1) is 0 Å². The highest BCUT2D eigenvalue weighted by Gasteiger charge is 2.05. The lowest BCUT2D eigenvalue weighted by Gasteiger charge is -2.05. The van der Waals surface area contributed by atoms with Crippen molar-refractivity contribution in [3.63, 3.8) is 0 Å². The average molecular weight is 210 g/mol. The molecular weight excluding hydrogens is 202 g/mol. The molecule has 0 spiro atoms. The van der Waals surface area contributed by atoms with Gasteiger partial charge in [-0.15, -0.1) is 0 Å². The average Bonchev–Trinajstić information content (AvgIpc) is 2.14. The number of nitrogens with zero attached hydrogens (tertiary/aromatic N) is 1. The number of halogens is 1. The van der Waals surface area contributed by atoms with Gasteiger partial charge in [-0.05, 0) is 18.2 Å². The monoisotopic (exact) mass is 209 g/mol. The molecule has 0 aliphatic rings. The van der Waals surface area contributed by atoms with Gasteiger partial charge in [0.2, 0.25) is 0 Å². The van der Waals surface area contributed by atoms with Gasteiger partial charge in [-0.1, -0.05) is 11.6 Å². The van der Waals surface area contributed by atoms with Crippen molar-refractivity contribution in [3.8, 4) is 5.75 Å². The summed E-state index contributed by atoms with van der Waals surface area (Å²) >= 11 is 5.78. The number of rotatable bonds is 0. The summed E-state index contributed by atoms with van der Waals surface area (Å²) in [4.78, 5) is 11.3. The van der Waals surface area contributed by atoms with Crippen LogP contribution >= 0.6 is 11.6 Å². The molecule has 0 bridgehead atoms. The fraction of sp³-hybridized carbons (Fsp3) is 0.100. The molecule has 0 aliphatic carbocycles. The van der Waals surface area contributed by atoms with Crippen LogP contribution in [-0.2, 0) is 7.05 Å². The number of benzene rings is 1. The van der Waals surface area contributed by atoms with Crippen molar-refractivity contribution in [3.05, 3.63) is 39.6 Å². The van der Waals surface area contributed by atoms with Crippen LogP contribution in [0.5, 0.6) is 5.75 Å². The van der Waals surface area contributed by atoms with Crippen molar-refractivity contribution >= 4 is 22.5 Å². The zero-order chi connectivity index (χ0) is 10.3. The maximum Gasteiger partial charge on any atom is 0.254 e. The van der Waals surface area contributed by atoms with E-state index in [1.807, 2.05) is 0 Å². The number of aryl methyl sites for hydroxylation is 1. The molecule has 4 heteroatoms. The third kappa shape index (κ3) is 1.26. The zero-order valence-electron chi connectivity index (χ0n) is 7.49. The van der Waals surface area contributed by atoms with Crippen molar-refractivity contribution in [2.24, 2.45) is 7.05 Å². The largest absolute Gasteiger partial charge is 0.507 e. The molecule has 3 nitrogen and oxygen atoms in total. The third-order valence-corrected chi connectivity index (χ3v) is 2.42. The van der Waals surface area contributed by atoms with Gasteiger partial charge in [0.1, 0.15) is 5.75 Å². The van der Waals surface area contributed by atoms with Gasteiger partial charge >= 0.3 is 0 Å². The minimum Gasteiger partial charge on any atom is -0.507 e. The Morgan fingerprint density at radius 1 is 1.36 bits per heavy atom. The number of fused-ring (bicyclic) bond motifs is 1. The predicted octanol–water partition coefficient (Wildman–Crippen LogP) is 1.90. The Labute approximate surface area is 85.2 Å². The number of hydrogen-bond donors (Lipinski definition) is 1. The SMILES string of the molecule is Cn1c(=O)cc(O)c2cc(Cl)ccc21. The smallest absolute Gasteiger partial charge is 0.254 e. The van der Waals surface area contributed by atoms with E-state index in [-0.39, 0.29) is 11.3 Å². The quantitative estimate of drug-likeness (QED) is 0.720. The molecule has 0 saturated heterocycles. The van der Waals surface area contributed by atoms with Crippen molar-refractivity contribution in [2.75, 3.05) is 0 Å². The second kappa shape index (κ2) is 3.03. The van der Waals surface area contributed by atoms with Crippen molar-refractivity contribution < 1.29 is 5.11 Å². The Bertz CT molecular complexity index is 560. The van der Waals surface area contributed by atoms with Crippen LogP contribution in [0.2, 0.25) is 5.02 Å². The minimum atomic E-state index is -0.239. The summed E-state index contributed by atoms with van der Waals surface area (Å²) < 4.78 is 1.46. The van der Waals surface area contributed by atoms with E-state index in [0.717, 1.165) is 0 Å². The minimum absolute atomic E-state index is 0.0365. The molecule has 0 aliphatic heterocycles. The predicted molar refractivity (Wildman–Crippen MR) is 55.9 cm³/mol. The molecular formula is C10H8ClNO2. The Kier molecular flexibility index (Phi) is 1.97. The Balaban J connectivity index is 3.02. The maximum atomic E-state index is 11.3. The molecule has 0 atom stereocenters. The highest BCUT2D eigenvalue weighted by Crippen LogP contribution is 2.24. The fourth-order valence-corrected chi connectivity index (χ4v) is 1.59. The van der Waals surface area contributed by atoms with Gasteiger partial charge in [0.25, 0.3) is 5.56 Å².